The molecule has 0 radical (unpaired) electrons. The summed E-state index contributed by atoms with van der Waals surface area (Å²) in [5.74, 6) is 0.279. The van der Waals surface area contributed by atoms with Gasteiger partial charge in [0, 0.05) is 11.1 Å². The summed E-state index contributed by atoms with van der Waals surface area (Å²) in [7, 11) is 0. The van der Waals surface area contributed by atoms with Crippen LogP contribution in [0.1, 0.15) is 16.8 Å². The first kappa shape index (κ1) is 17.4. The van der Waals surface area contributed by atoms with E-state index >= 15 is 0 Å². The number of carbonyl (C=O) groups is 1. The van der Waals surface area contributed by atoms with Crippen molar-refractivity contribution < 1.29 is 4.79 Å². The smallest absolute Gasteiger partial charge is 0.266 e. The Balaban J connectivity index is 1.95. The standard InChI is InChI=1S/C23H15N3O2/c24-15-14-21(27)16-10-12-18(13-11-16)26-22(17-6-2-1-3-7-17)25-20-9-5-4-8-19(20)23(26)28/h1-13H,14H2. The zero-order valence-corrected chi connectivity index (χ0v) is 14.9. The summed E-state index contributed by atoms with van der Waals surface area (Å²) >= 11 is 0. The summed E-state index contributed by atoms with van der Waals surface area (Å²) < 4.78 is 1.55. The summed E-state index contributed by atoms with van der Waals surface area (Å²) in [6.07, 6.45) is -0.175. The van der Waals surface area contributed by atoms with Crippen molar-refractivity contribution in [2.45, 2.75) is 6.42 Å². The van der Waals surface area contributed by atoms with Crippen molar-refractivity contribution in [1.29, 1.82) is 5.26 Å². The molecule has 0 unspecified atom stereocenters. The summed E-state index contributed by atoms with van der Waals surface area (Å²) in [6, 6.07) is 25.2. The minimum absolute atomic E-state index is 0.175. The molecule has 1 aromatic heterocycles. The van der Waals surface area contributed by atoms with Crippen LogP contribution in [0.15, 0.2) is 83.7 Å². The highest BCUT2D eigenvalue weighted by Crippen LogP contribution is 2.22. The predicted octanol–water partition coefficient (Wildman–Crippen LogP) is 4.15. The molecule has 0 atom stereocenters. The first-order chi connectivity index (χ1) is 13.7. The topological polar surface area (TPSA) is 75.8 Å². The van der Waals surface area contributed by atoms with Gasteiger partial charge in [-0.1, -0.05) is 42.5 Å². The molecule has 0 saturated carbocycles. The number of ketones is 1. The van der Waals surface area contributed by atoms with Gasteiger partial charge < -0.3 is 0 Å². The largest absolute Gasteiger partial charge is 0.293 e. The number of nitriles is 1. The zero-order chi connectivity index (χ0) is 19.5. The van der Waals surface area contributed by atoms with Crippen molar-refractivity contribution >= 4 is 16.7 Å². The fourth-order valence-corrected chi connectivity index (χ4v) is 3.12. The number of hydrogen-bond acceptors (Lipinski definition) is 4. The first-order valence-electron chi connectivity index (χ1n) is 8.77. The highest BCUT2D eigenvalue weighted by Gasteiger charge is 2.14. The van der Waals surface area contributed by atoms with E-state index < -0.39 is 0 Å². The third-order valence-electron chi connectivity index (χ3n) is 4.49. The van der Waals surface area contributed by atoms with Crippen LogP contribution in [0.2, 0.25) is 0 Å². The van der Waals surface area contributed by atoms with Crippen LogP contribution < -0.4 is 5.56 Å². The van der Waals surface area contributed by atoms with Crippen molar-refractivity contribution in [1.82, 2.24) is 9.55 Å². The second-order valence-corrected chi connectivity index (χ2v) is 6.26. The molecule has 28 heavy (non-hydrogen) atoms. The fraction of sp³-hybridized carbons (Fsp3) is 0.0435. The Morgan fingerprint density at radius 3 is 2.32 bits per heavy atom. The SMILES string of the molecule is N#CCC(=O)c1ccc(-n2c(-c3ccccc3)nc3ccccc3c2=O)cc1. The van der Waals surface area contributed by atoms with Gasteiger partial charge in [0.1, 0.15) is 5.82 Å². The lowest BCUT2D eigenvalue weighted by Gasteiger charge is -2.14. The first-order valence-corrected chi connectivity index (χ1v) is 8.77. The van der Waals surface area contributed by atoms with Crippen molar-refractivity contribution in [2.24, 2.45) is 0 Å². The molecule has 0 amide bonds. The Labute approximate surface area is 161 Å². The molecule has 5 nitrogen and oxygen atoms in total. The summed E-state index contributed by atoms with van der Waals surface area (Å²) in [5, 5.41) is 9.23. The Morgan fingerprint density at radius 1 is 0.929 bits per heavy atom. The van der Waals surface area contributed by atoms with Gasteiger partial charge in [0.2, 0.25) is 0 Å². The molecule has 0 aliphatic carbocycles. The van der Waals surface area contributed by atoms with Gasteiger partial charge in [-0.25, -0.2) is 4.98 Å². The van der Waals surface area contributed by atoms with E-state index in [-0.39, 0.29) is 17.8 Å². The molecule has 0 aliphatic heterocycles. The lowest BCUT2D eigenvalue weighted by atomic mass is 10.1. The number of carbonyl (C=O) groups excluding carboxylic acids is 1. The molecular weight excluding hydrogens is 350 g/mol. The normalized spacial score (nSPS) is 10.5. The molecule has 0 N–H and O–H groups in total. The maximum atomic E-state index is 13.3. The number of nitrogens with zero attached hydrogens (tertiary/aromatic N) is 3. The minimum atomic E-state index is -0.249. The third kappa shape index (κ3) is 3.08. The number of aromatic nitrogens is 2. The fourth-order valence-electron chi connectivity index (χ4n) is 3.12. The van der Waals surface area contributed by atoms with Gasteiger partial charge in [0.25, 0.3) is 5.56 Å². The molecule has 3 aromatic carbocycles. The monoisotopic (exact) mass is 365 g/mol. The van der Waals surface area contributed by atoms with E-state index in [0.29, 0.717) is 28.0 Å². The van der Waals surface area contributed by atoms with Crippen LogP contribution >= 0.6 is 0 Å². The molecule has 4 aromatic rings. The van der Waals surface area contributed by atoms with E-state index in [1.807, 2.05) is 54.6 Å². The highest BCUT2D eigenvalue weighted by molar-refractivity contribution is 5.97. The van der Waals surface area contributed by atoms with E-state index in [1.165, 1.54) is 0 Å². The molecule has 1 heterocycles. The molecule has 0 saturated heterocycles. The van der Waals surface area contributed by atoms with Gasteiger partial charge in [-0.2, -0.15) is 5.26 Å². The van der Waals surface area contributed by atoms with E-state index in [9.17, 15) is 9.59 Å². The van der Waals surface area contributed by atoms with Gasteiger partial charge in [0.05, 0.1) is 29.1 Å². The van der Waals surface area contributed by atoms with Gasteiger partial charge in [-0.15, -0.1) is 0 Å². The van der Waals surface area contributed by atoms with Gasteiger partial charge in [0.15, 0.2) is 5.78 Å². The van der Waals surface area contributed by atoms with Crippen LogP contribution in [0.4, 0.5) is 0 Å². The van der Waals surface area contributed by atoms with Gasteiger partial charge in [-0.05, 0) is 36.4 Å². The molecule has 0 fully saturated rings. The molecule has 0 bridgehead atoms. The lowest BCUT2D eigenvalue weighted by molar-refractivity contribution is 0.0997. The third-order valence-corrected chi connectivity index (χ3v) is 4.49. The second kappa shape index (κ2) is 7.29. The lowest BCUT2D eigenvalue weighted by Crippen LogP contribution is -2.22. The number of rotatable bonds is 4. The molecule has 0 spiro atoms. The maximum Gasteiger partial charge on any atom is 0.266 e. The van der Waals surface area contributed by atoms with Crippen molar-refractivity contribution in [3.05, 3.63) is 94.8 Å². The molecule has 5 heteroatoms. The second-order valence-electron chi connectivity index (χ2n) is 6.26. The molecule has 4 rings (SSSR count). The average Bonchev–Trinajstić information content (AvgIpc) is 2.75. The Kier molecular flexibility index (Phi) is 4.53. The quantitative estimate of drug-likeness (QED) is 0.509. The number of fused-ring (bicyclic) bond motifs is 1. The molecule has 134 valence electrons. The van der Waals surface area contributed by atoms with E-state index in [4.69, 9.17) is 10.2 Å². The van der Waals surface area contributed by atoms with Crippen molar-refractivity contribution in [3.8, 4) is 23.1 Å². The molecular formula is C23H15N3O2. The van der Waals surface area contributed by atoms with Gasteiger partial charge >= 0.3 is 0 Å². The summed E-state index contributed by atoms with van der Waals surface area (Å²) in [6.45, 7) is 0. The van der Waals surface area contributed by atoms with Crippen LogP contribution in [0.3, 0.4) is 0 Å². The maximum absolute atomic E-state index is 13.3. The van der Waals surface area contributed by atoms with Gasteiger partial charge in [-0.3, -0.25) is 14.2 Å². The zero-order valence-electron chi connectivity index (χ0n) is 14.9. The Bertz CT molecular complexity index is 1270. The Hall–Kier alpha value is -4.04. The van der Waals surface area contributed by atoms with Crippen molar-refractivity contribution in [2.75, 3.05) is 0 Å². The van der Waals surface area contributed by atoms with Crippen LogP contribution in [0.25, 0.3) is 28.0 Å². The van der Waals surface area contributed by atoms with Crippen LogP contribution in [-0.4, -0.2) is 15.3 Å². The number of para-hydroxylation sites is 1. The van der Waals surface area contributed by atoms with E-state index in [1.54, 1.807) is 34.9 Å². The van der Waals surface area contributed by atoms with E-state index in [0.717, 1.165) is 5.56 Å². The van der Waals surface area contributed by atoms with Crippen LogP contribution in [-0.2, 0) is 0 Å². The summed E-state index contributed by atoms with van der Waals surface area (Å²) in [5.41, 5.74) is 2.31. The number of benzene rings is 3. The predicted molar refractivity (Wildman–Crippen MR) is 107 cm³/mol. The van der Waals surface area contributed by atoms with Crippen LogP contribution in [0, 0.1) is 11.3 Å². The number of hydrogen-bond donors (Lipinski definition) is 0. The molecule has 0 aliphatic rings. The minimum Gasteiger partial charge on any atom is -0.293 e. The summed E-state index contributed by atoms with van der Waals surface area (Å²) in [4.78, 5) is 29.9. The Morgan fingerprint density at radius 2 is 1.61 bits per heavy atom. The number of Topliss-reactive ketones (excluding diaryl/α,β-unsaturated/α-hetero) is 1. The van der Waals surface area contributed by atoms with Crippen LogP contribution in [0.5, 0.6) is 0 Å². The average molecular weight is 365 g/mol. The van der Waals surface area contributed by atoms with E-state index in [2.05, 4.69) is 0 Å². The highest BCUT2D eigenvalue weighted by atomic mass is 16.1. The van der Waals surface area contributed by atoms with Crippen molar-refractivity contribution in [3.63, 3.8) is 0 Å².